The van der Waals surface area contributed by atoms with Crippen LogP contribution >= 0.6 is 0 Å². The second-order valence-electron chi connectivity index (χ2n) is 10.6. The summed E-state index contributed by atoms with van der Waals surface area (Å²) in [7, 11) is 1.92. The summed E-state index contributed by atoms with van der Waals surface area (Å²) in [6.45, 7) is 4.03. The molecular weight excluding hydrogens is 971 g/mol. The van der Waals surface area contributed by atoms with Crippen molar-refractivity contribution in [2.24, 2.45) is 0 Å². The molecule has 0 radical (unpaired) electrons. The average Bonchev–Trinajstić information content (AvgIpc) is 3.69. The number of nitrogens with zero attached hydrogens (tertiary/aromatic N) is 4. The van der Waals surface area contributed by atoms with Crippen LogP contribution in [0.5, 0.6) is 23.0 Å². The van der Waals surface area contributed by atoms with Gasteiger partial charge in [0, 0.05) is 35.4 Å². The van der Waals surface area contributed by atoms with E-state index in [2.05, 4.69) is 47.4 Å². The Kier molecular flexibility index (Phi) is 13.1. The van der Waals surface area contributed by atoms with Gasteiger partial charge in [-0.15, -0.1) is 48.0 Å². The van der Waals surface area contributed by atoms with Crippen molar-refractivity contribution in [1.29, 1.82) is 0 Å². The number of ether oxygens (including phenoxy) is 2. The summed E-state index contributed by atoms with van der Waals surface area (Å²) in [5, 5.41) is 0. The predicted octanol–water partition coefficient (Wildman–Crippen LogP) is 8.44. The molecule has 0 spiro atoms. The number of aryl methyl sites for hydroxylation is 2. The number of hydrogen-bond donors (Lipinski definition) is 0. The molecule has 49 heavy (non-hydrogen) atoms. The Morgan fingerprint density at radius 3 is 2.02 bits per heavy atom. The van der Waals surface area contributed by atoms with E-state index < -0.39 is 0 Å². The number of hydrogen-bond acceptors (Lipinski definition) is 3. The molecule has 0 atom stereocenters. The van der Waals surface area contributed by atoms with E-state index in [0.29, 0.717) is 23.0 Å². The van der Waals surface area contributed by atoms with Crippen molar-refractivity contribution in [3.63, 3.8) is 0 Å². The molecular formula is C41H28N4O2Pt2+2. The zero-order valence-electron chi connectivity index (χ0n) is 26.7. The van der Waals surface area contributed by atoms with Crippen molar-refractivity contribution in [2.75, 3.05) is 7.05 Å². The minimum Gasteiger partial charge on any atom is -0.669 e. The summed E-state index contributed by atoms with van der Waals surface area (Å²) in [6, 6.07) is 48.2. The SMILES string of the molecule is C[N+]1=C=[N+](c2[c-]c(Oc3[c-]c(-c4cc(-c5[c-]c(Oc6[c-]cccc6)ccc5)[c-]cn4)ccc3)ccc2)C=C1.[C-]#Cn1cc(C)c(C)c1.[Pt+2].[Pt+4]. The number of pyridine rings is 1. The standard InChI is InChI=1S/C33H20N3O2.C8H8N.2Pt/c1-35-18-19-36(24-35)28-10-7-15-32(23-28)38-31-14-6-9-27(21-31)33-22-26(16-17-34-33)25-8-5-13-30(20-25)37-29-11-3-2-4-12-29;1-4-9-5-7(2)8(3)6-9;;/h2-11,13-15,17-19,22H,1H3;5-6H,2-3H3;;/q-3;-1;+2;+4. The van der Waals surface area contributed by atoms with Crippen LogP contribution in [0.3, 0.4) is 0 Å². The fourth-order valence-electron chi connectivity index (χ4n) is 4.58. The van der Waals surface area contributed by atoms with Gasteiger partial charge in [0.15, 0.2) is 7.05 Å². The van der Waals surface area contributed by atoms with E-state index in [1.165, 1.54) is 11.1 Å². The minimum atomic E-state index is 0. The first-order chi connectivity index (χ1) is 22.9. The Morgan fingerprint density at radius 2 is 1.39 bits per heavy atom. The van der Waals surface area contributed by atoms with E-state index in [1.807, 2.05) is 140 Å². The maximum Gasteiger partial charge on any atom is 4.00 e. The van der Waals surface area contributed by atoms with Gasteiger partial charge in [0.25, 0.3) is 6.20 Å². The maximum absolute atomic E-state index is 6.77. The van der Waals surface area contributed by atoms with Crippen LogP contribution in [0.2, 0.25) is 0 Å². The molecule has 0 bridgehead atoms. The van der Waals surface area contributed by atoms with Crippen molar-refractivity contribution in [2.45, 2.75) is 13.8 Å². The van der Waals surface area contributed by atoms with Gasteiger partial charge < -0.3 is 25.4 Å². The van der Waals surface area contributed by atoms with Crippen LogP contribution in [-0.4, -0.2) is 31.8 Å². The maximum atomic E-state index is 6.77. The number of aromatic nitrogens is 2. The van der Waals surface area contributed by atoms with Gasteiger partial charge in [-0.3, -0.25) is 11.1 Å². The quantitative estimate of drug-likeness (QED) is 0.0918. The Balaban J connectivity index is 0.000000430. The molecule has 0 unspecified atom stereocenters. The van der Waals surface area contributed by atoms with Gasteiger partial charge in [0.1, 0.15) is 5.69 Å². The monoisotopic (exact) mass is 998 g/mol. The third kappa shape index (κ3) is 9.76. The molecule has 2 aromatic heterocycles. The van der Waals surface area contributed by atoms with Gasteiger partial charge in [-0.1, -0.05) is 39.2 Å². The fourth-order valence-corrected chi connectivity index (χ4v) is 4.58. The van der Waals surface area contributed by atoms with E-state index >= 15 is 0 Å². The molecule has 0 aliphatic carbocycles. The van der Waals surface area contributed by atoms with Crippen LogP contribution in [0.25, 0.3) is 22.4 Å². The number of para-hydroxylation sites is 1. The molecule has 0 amide bonds. The van der Waals surface area contributed by atoms with Crippen LogP contribution in [0.1, 0.15) is 11.1 Å². The zero-order valence-corrected chi connectivity index (χ0v) is 31.3. The van der Waals surface area contributed by atoms with E-state index in [-0.39, 0.29) is 42.1 Å². The molecule has 7 rings (SSSR count). The first kappa shape index (κ1) is 36.8. The van der Waals surface area contributed by atoms with Crippen molar-refractivity contribution in [3.8, 4) is 51.4 Å². The molecule has 8 heteroatoms. The molecule has 0 saturated carbocycles. The molecule has 3 heterocycles. The molecule has 4 aromatic carbocycles. The van der Waals surface area contributed by atoms with Crippen LogP contribution in [-0.2, 0) is 42.1 Å². The fraction of sp³-hybridized carbons (Fsp3) is 0.0732. The van der Waals surface area contributed by atoms with Gasteiger partial charge in [-0.05, 0) is 25.0 Å². The van der Waals surface area contributed by atoms with Gasteiger partial charge in [-0.2, -0.15) is 36.4 Å². The molecule has 6 nitrogen and oxygen atoms in total. The summed E-state index contributed by atoms with van der Waals surface area (Å²) in [4.78, 5) is 4.52. The van der Waals surface area contributed by atoms with Crippen LogP contribution in [0.15, 0.2) is 116 Å². The van der Waals surface area contributed by atoms with Crippen molar-refractivity contribution in [1.82, 2.24) is 9.55 Å². The van der Waals surface area contributed by atoms with Crippen LogP contribution in [0.4, 0.5) is 5.69 Å². The average molecular weight is 999 g/mol. The van der Waals surface area contributed by atoms with Crippen LogP contribution in [0, 0.1) is 56.6 Å². The summed E-state index contributed by atoms with van der Waals surface area (Å²) >= 11 is 0. The van der Waals surface area contributed by atoms with Gasteiger partial charge in [0.05, 0.1) is 0 Å². The van der Waals surface area contributed by atoms with Gasteiger partial charge in [0.2, 0.25) is 6.20 Å². The first-order valence-electron chi connectivity index (χ1n) is 14.8. The summed E-state index contributed by atoms with van der Waals surface area (Å²) in [5.41, 5.74) is 6.46. The summed E-state index contributed by atoms with van der Waals surface area (Å²) in [5.74, 6) is 2.38. The zero-order chi connectivity index (χ0) is 32.6. The van der Waals surface area contributed by atoms with Crippen molar-refractivity contribution >= 4 is 11.7 Å². The number of benzene rings is 4. The van der Waals surface area contributed by atoms with Crippen molar-refractivity contribution < 1.29 is 60.8 Å². The molecule has 1 aliphatic heterocycles. The Bertz CT molecular complexity index is 2170. The normalized spacial score (nSPS) is 11.1. The predicted molar refractivity (Wildman–Crippen MR) is 179 cm³/mol. The molecule has 0 fully saturated rings. The van der Waals surface area contributed by atoms with Gasteiger partial charge >= 0.3 is 48.1 Å². The smallest absolute Gasteiger partial charge is 0.669 e. The van der Waals surface area contributed by atoms with Crippen molar-refractivity contribution in [3.05, 3.63) is 164 Å². The molecule has 1 aliphatic rings. The largest absolute Gasteiger partial charge is 4.00 e. The van der Waals surface area contributed by atoms with E-state index in [0.717, 1.165) is 28.1 Å². The van der Waals surface area contributed by atoms with E-state index in [4.69, 9.17) is 15.9 Å². The second-order valence-corrected chi connectivity index (χ2v) is 10.6. The summed E-state index contributed by atoms with van der Waals surface area (Å²) in [6.07, 6.45) is 16.0. The topological polar surface area (TPSA) is 42.3 Å². The Hall–Kier alpha value is -5.03. The molecule has 242 valence electrons. The third-order valence-corrected chi connectivity index (χ3v) is 7.06. The van der Waals surface area contributed by atoms with Gasteiger partial charge in [-0.25, -0.2) is 24.2 Å². The van der Waals surface area contributed by atoms with E-state index in [9.17, 15) is 0 Å². The molecule has 0 N–H and O–H groups in total. The second kappa shape index (κ2) is 17.4. The molecule has 0 saturated heterocycles. The first-order valence-corrected chi connectivity index (χ1v) is 14.8. The molecule has 6 aromatic rings. The Morgan fingerprint density at radius 1 is 0.755 bits per heavy atom. The van der Waals surface area contributed by atoms with E-state index in [1.54, 1.807) is 10.8 Å². The number of rotatable bonds is 7. The third-order valence-electron chi connectivity index (χ3n) is 7.06. The van der Waals surface area contributed by atoms with Crippen LogP contribution < -0.4 is 9.47 Å². The minimum absolute atomic E-state index is 0. The summed E-state index contributed by atoms with van der Waals surface area (Å²) < 4.78 is 17.3. The Labute approximate surface area is 316 Å².